The van der Waals surface area contributed by atoms with Crippen LogP contribution in [0.3, 0.4) is 0 Å². The highest BCUT2D eigenvalue weighted by atomic mass is 16.4. The average Bonchev–Trinajstić information content (AvgIpc) is 2.85. The summed E-state index contributed by atoms with van der Waals surface area (Å²) in [6.45, 7) is 5.77. The molecule has 24 heavy (non-hydrogen) atoms. The van der Waals surface area contributed by atoms with Crippen LogP contribution >= 0.6 is 0 Å². The third-order valence-electron chi connectivity index (χ3n) is 4.11. The molecule has 2 heterocycles. The van der Waals surface area contributed by atoms with Crippen molar-refractivity contribution < 1.29 is 9.90 Å². The SMILES string of the molecule is Cc1cnc2c(c1)nc(Cc1ccccc1)n2C(C(=O)O)C(C)C. The van der Waals surface area contributed by atoms with Crippen LogP contribution in [0, 0.1) is 12.8 Å². The lowest BCUT2D eigenvalue weighted by atomic mass is 10.0. The quantitative estimate of drug-likeness (QED) is 0.779. The molecule has 0 amide bonds. The van der Waals surface area contributed by atoms with E-state index in [0.717, 1.165) is 22.5 Å². The predicted molar refractivity (Wildman–Crippen MR) is 93.0 cm³/mol. The Morgan fingerprint density at radius 2 is 1.96 bits per heavy atom. The molecule has 1 N–H and O–H groups in total. The minimum Gasteiger partial charge on any atom is -0.480 e. The first kappa shape index (κ1) is 16.2. The van der Waals surface area contributed by atoms with E-state index < -0.39 is 12.0 Å². The van der Waals surface area contributed by atoms with Crippen molar-refractivity contribution in [2.75, 3.05) is 0 Å². The molecule has 0 spiro atoms. The van der Waals surface area contributed by atoms with E-state index in [1.807, 2.05) is 57.2 Å². The lowest BCUT2D eigenvalue weighted by Crippen LogP contribution is -2.26. The summed E-state index contributed by atoms with van der Waals surface area (Å²) in [5.41, 5.74) is 3.48. The molecule has 3 rings (SSSR count). The summed E-state index contributed by atoms with van der Waals surface area (Å²) >= 11 is 0. The van der Waals surface area contributed by atoms with E-state index in [9.17, 15) is 9.90 Å². The Hall–Kier alpha value is -2.69. The minimum atomic E-state index is -0.860. The number of fused-ring (bicyclic) bond motifs is 1. The molecule has 3 aromatic rings. The fourth-order valence-electron chi connectivity index (χ4n) is 3.02. The van der Waals surface area contributed by atoms with E-state index in [1.54, 1.807) is 10.8 Å². The van der Waals surface area contributed by atoms with Crippen molar-refractivity contribution in [3.63, 3.8) is 0 Å². The Morgan fingerprint density at radius 1 is 1.25 bits per heavy atom. The number of carboxylic acids is 1. The highest BCUT2D eigenvalue weighted by Gasteiger charge is 2.28. The van der Waals surface area contributed by atoms with Gasteiger partial charge in [0.15, 0.2) is 5.65 Å². The molecule has 0 aliphatic rings. The lowest BCUT2D eigenvalue weighted by molar-refractivity contribution is -0.142. The van der Waals surface area contributed by atoms with Crippen molar-refractivity contribution >= 4 is 17.1 Å². The van der Waals surface area contributed by atoms with Crippen molar-refractivity contribution in [3.05, 3.63) is 59.5 Å². The number of nitrogens with zero attached hydrogens (tertiary/aromatic N) is 3. The third-order valence-corrected chi connectivity index (χ3v) is 4.11. The van der Waals surface area contributed by atoms with Crippen LogP contribution in [-0.4, -0.2) is 25.6 Å². The van der Waals surface area contributed by atoms with Crippen LogP contribution in [0.5, 0.6) is 0 Å². The fourth-order valence-corrected chi connectivity index (χ4v) is 3.02. The molecule has 1 atom stereocenters. The molecule has 0 bridgehead atoms. The van der Waals surface area contributed by atoms with E-state index in [0.29, 0.717) is 12.1 Å². The van der Waals surface area contributed by atoms with Crippen LogP contribution in [0.1, 0.15) is 36.8 Å². The van der Waals surface area contributed by atoms with Gasteiger partial charge in [-0.05, 0) is 30.0 Å². The molecule has 5 heteroatoms. The molecule has 1 unspecified atom stereocenters. The summed E-state index contributed by atoms with van der Waals surface area (Å²) in [5.74, 6) is -0.200. The smallest absolute Gasteiger partial charge is 0.327 e. The van der Waals surface area contributed by atoms with Crippen LogP contribution in [0.15, 0.2) is 42.6 Å². The summed E-state index contributed by atoms with van der Waals surface area (Å²) in [5, 5.41) is 9.74. The Kier molecular flexibility index (Phi) is 4.34. The van der Waals surface area contributed by atoms with Gasteiger partial charge in [-0.3, -0.25) is 4.57 Å². The van der Waals surface area contributed by atoms with E-state index in [4.69, 9.17) is 4.98 Å². The van der Waals surface area contributed by atoms with E-state index in [1.165, 1.54) is 0 Å². The maximum atomic E-state index is 11.9. The minimum absolute atomic E-state index is 0.0717. The van der Waals surface area contributed by atoms with Gasteiger partial charge in [0.05, 0.1) is 0 Å². The number of hydrogen-bond donors (Lipinski definition) is 1. The zero-order valence-corrected chi connectivity index (χ0v) is 14.1. The number of pyridine rings is 1. The Morgan fingerprint density at radius 3 is 2.58 bits per heavy atom. The second-order valence-corrected chi connectivity index (χ2v) is 6.44. The highest BCUT2D eigenvalue weighted by Crippen LogP contribution is 2.27. The van der Waals surface area contributed by atoms with Gasteiger partial charge in [-0.25, -0.2) is 14.8 Å². The maximum Gasteiger partial charge on any atom is 0.327 e. The Labute approximate surface area is 141 Å². The van der Waals surface area contributed by atoms with E-state index in [-0.39, 0.29) is 5.92 Å². The van der Waals surface area contributed by atoms with E-state index in [2.05, 4.69) is 4.98 Å². The van der Waals surface area contributed by atoms with Crippen molar-refractivity contribution in [2.45, 2.75) is 33.2 Å². The first-order chi connectivity index (χ1) is 11.5. The molecular formula is C19H21N3O2. The average molecular weight is 323 g/mol. The van der Waals surface area contributed by atoms with Crippen LogP contribution in [0.25, 0.3) is 11.2 Å². The number of aliphatic carboxylic acids is 1. The largest absolute Gasteiger partial charge is 0.480 e. The van der Waals surface area contributed by atoms with Crippen molar-refractivity contribution in [3.8, 4) is 0 Å². The van der Waals surface area contributed by atoms with Gasteiger partial charge >= 0.3 is 5.97 Å². The zero-order chi connectivity index (χ0) is 17.3. The highest BCUT2D eigenvalue weighted by molar-refractivity contribution is 5.78. The summed E-state index contributed by atoms with van der Waals surface area (Å²) in [6.07, 6.45) is 2.33. The van der Waals surface area contributed by atoms with Gasteiger partial charge in [-0.15, -0.1) is 0 Å². The molecule has 124 valence electrons. The summed E-state index contributed by atoms with van der Waals surface area (Å²) in [4.78, 5) is 21.0. The fraction of sp³-hybridized carbons (Fsp3) is 0.316. The topological polar surface area (TPSA) is 68.0 Å². The first-order valence-corrected chi connectivity index (χ1v) is 8.07. The maximum absolute atomic E-state index is 11.9. The van der Waals surface area contributed by atoms with Gasteiger partial charge in [0, 0.05) is 12.6 Å². The first-order valence-electron chi connectivity index (χ1n) is 8.07. The van der Waals surface area contributed by atoms with Crippen LogP contribution < -0.4 is 0 Å². The number of imidazole rings is 1. The zero-order valence-electron chi connectivity index (χ0n) is 14.1. The van der Waals surface area contributed by atoms with Gasteiger partial charge in [0.25, 0.3) is 0 Å². The second-order valence-electron chi connectivity index (χ2n) is 6.44. The van der Waals surface area contributed by atoms with Gasteiger partial charge < -0.3 is 5.11 Å². The summed E-state index contributed by atoms with van der Waals surface area (Å²) < 4.78 is 1.79. The number of benzene rings is 1. The molecule has 2 aromatic heterocycles. The number of rotatable bonds is 5. The number of aromatic nitrogens is 3. The van der Waals surface area contributed by atoms with Crippen molar-refractivity contribution in [1.29, 1.82) is 0 Å². The molecule has 0 saturated heterocycles. The summed E-state index contributed by atoms with van der Waals surface area (Å²) in [7, 11) is 0. The Balaban J connectivity index is 2.19. The molecule has 0 aliphatic heterocycles. The van der Waals surface area contributed by atoms with Gasteiger partial charge in [0.2, 0.25) is 0 Å². The van der Waals surface area contributed by atoms with Gasteiger partial charge in [-0.1, -0.05) is 44.2 Å². The lowest BCUT2D eigenvalue weighted by Gasteiger charge is -2.20. The summed E-state index contributed by atoms with van der Waals surface area (Å²) in [6, 6.07) is 11.2. The van der Waals surface area contributed by atoms with Crippen molar-refractivity contribution in [1.82, 2.24) is 14.5 Å². The third kappa shape index (κ3) is 3.02. The van der Waals surface area contributed by atoms with E-state index >= 15 is 0 Å². The van der Waals surface area contributed by atoms with Crippen LogP contribution in [0.4, 0.5) is 0 Å². The normalized spacial score (nSPS) is 12.7. The molecular weight excluding hydrogens is 302 g/mol. The van der Waals surface area contributed by atoms with Crippen molar-refractivity contribution in [2.24, 2.45) is 5.92 Å². The van der Waals surface area contributed by atoms with Crippen LogP contribution in [0.2, 0.25) is 0 Å². The second kappa shape index (κ2) is 6.43. The molecule has 0 radical (unpaired) electrons. The standard InChI is InChI=1S/C19H21N3O2/c1-12(2)17(19(23)24)22-16(10-14-7-5-4-6-8-14)21-15-9-13(3)11-20-18(15)22/h4-9,11-12,17H,10H2,1-3H3,(H,23,24). The predicted octanol–water partition coefficient (Wildman–Crippen LogP) is 3.61. The Bertz CT molecular complexity index is 869. The van der Waals surface area contributed by atoms with Gasteiger partial charge in [0.1, 0.15) is 17.4 Å². The molecule has 0 saturated carbocycles. The van der Waals surface area contributed by atoms with Gasteiger partial charge in [-0.2, -0.15) is 0 Å². The number of aryl methyl sites for hydroxylation is 1. The number of carbonyl (C=O) groups is 1. The number of carboxylic acid groups (broad SMARTS) is 1. The van der Waals surface area contributed by atoms with Crippen LogP contribution in [-0.2, 0) is 11.2 Å². The molecule has 0 aliphatic carbocycles. The molecule has 5 nitrogen and oxygen atoms in total. The number of hydrogen-bond acceptors (Lipinski definition) is 3. The monoisotopic (exact) mass is 323 g/mol. The molecule has 1 aromatic carbocycles. The molecule has 0 fully saturated rings.